The maximum atomic E-state index is 14.9. The number of hydrazine groups is 1. The first kappa shape index (κ1) is 60.9. The standard InChI is InChI=1S/C54H68N6O9.4H2S/c1-7-47(62)58-22-17-38(32-58)51(64)57(5)48(36-19-24-68-25-20-36)50(63)55-45-28-34-26-39(29-40(61)27-34)37-15-16-46-42(30-37)43(49(59(46)8-2)41-13-10-9-12-35(41)18-23-67-6)31-54(3,4)33-69-53(66)44-14-11-21-60(56-44)52(45)65;;;;/h7,9-10,12-13,15-16,26-27,29-30,36,38,44-45,48,56,61H,1,8,11,14,17-25,28,31-33H2,2-6H3,(H,55,63);4*1H2/t38-,44-,45-,48-;;;;/m0..../s1. The minimum atomic E-state index is -1.17. The van der Waals surface area contributed by atoms with Crippen LogP contribution in [0.4, 0.5) is 0 Å². The van der Waals surface area contributed by atoms with Crippen molar-refractivity contribution in [2.75, 3.05) is 60.2 Å². The third kappa shape index (κ3) is 13.6. The summed E-state index contributed by atoms with van der Waals surface area (Å²) in [7, 11) is 3.33. The highest BCUT2D eigenvalue weighted by atomic mass is 32.1. The van der Waals surface area contributed by atoms with Crippen LogP contribution >= 0.6 is 54.0 Å². The number of phenolic OH excluding ortho intramolecular Hbond substituents is 1. The molecule has 0 aliphatic carbocycles. The summed E-state index contributed by atoms with van der Waals surface area (Å²) in [4.78, 5) is 73.6. The van der Waals surface area contributed by atoms with Crippen molar-refractivity contribution in [2.24, 2.45) is 17.3 Å². The third-order valence-corrected chi connectivity index (χ3v) is 14.5. The highest BCUT2D eigenvalue weighted by molar-refractivity contribution is 7.59. The average Bonchev–Trinajstić information content (AvgIpc) is 3.97. The van der Waals surface area contributed by atoms with Crippen molar-refractivity contribution < 1.29 is 43.3 Å². The molecule has 3 saturated heterocycles. The number of likely N-dealkylation sites (tertiary alicyclic amines) is 1. The van der Waals surface area contributed by atoms with Crippen LogP contribution < -0.4 is 10.7 Å². The first-order valence-corrected chi connectivity index (χ1v) is 24.6. The second kappa shape index (κ2) is 26.7. The van der Waals surface area contributed by atoms with E-state index in [1.165, 1.54) is 16.0 Å². The number of hydrogen-bond acceptors (Lipinski definition) is 10. The zero-order valence-electron chi connectivity index (χ0n) is 42.8. The van der Waals surface area contributed by atoms with Gasteiger partial charge in [0.25, 0.3) is 5.91 Å². The molecule has 3 aromatic carbocycles. The number of nitrogens with one attached hydrogen (secondary N) is 2. The number of carbonyl (C=O) groups is 5. The Morgan fingerprint density at radius 2 is 1.73 bits per heavy atom. The van der Waals surface area contributed by atoms with Crippen molar-refractivity contribution in [2.45, 2.75) is 96.8 Å². The molecule has 8 rings (SSSR count). The molecular weight excluding hydrogens is 1000 g/mol. The monoisotopic (exact) mass is 1080 g/mol. The highest BCUT2D eigenvalue weighted by Gasteiger charge is 2.42. The van der Waals surface area contributed by atoms with Gasteiger partial charge in [-0.2, -0.15) is 54.0 Å². The van der Waals surface area contributed by atoms with E-state index in [1.54, 1.807) is 31.2 Å². The molecule has 5 heterocycles. The van der Waals surface area contributed by atoms with Gasteiger partial charge in [0, 0.05) is 81.9 Å². The van der Waals surface area contributed by atoms with Crippen molar-refractivity contribution in [1.29, 1.82) is 0 Å². The molecule has 15 nitrogen and oxygen atoms in total. The first-order valence-electron chi connectivity index (χ1n) is 24.6. The number of benzene rings is 3. The fraction of sp³-hybridized carbons (Fsp3) is 0.500. The van der Waals surface area contributed by atoms with E-state index in [-0.39, 0.29) is 104 Å². The van der Waals surface area contributed by atoms with Gasteiger partial charge >= 0.3 is 5.97 Å². The fourth-order valence-corrected chi connectivity index (χ4v) is 10.9. The second-order valence-electron chi connectivity index (χ2n) is 19.9. The van der Waals surface area contributed by atoms with Crippen molar-refractivity contribution in [3.05, 3.63) is 90.0 Å². The van der Waals surface area contributed by atoms with Gasteiger partial charge in [-0.15, -0.1) is 0 Å². The lowest BCUT2D eigenvalue weighted by atomic mass is 9.83. The summed E-state index contributed by atoms with van der Waals surface area (Å²) in [5.74, 6) is -2.70. The van der Waals surface area contributed by atoms with Gasteiger partial charge in [-0.3, -0.25) is 29.0 Å². The van der Waals surface area contributed by atoms with Crippen molar-refractivity contribution >= 4 is 94.5 Å². The molecule has 0 radical (unpaired) electrons. The molecule has 4 atom stereocenters. The number of aryl methyl sites for hydroxylation is 1. The number of nitrogens with zero attached hydrogens (tertiary/aromatic N) is 4. The minimum absolute atomic E-state index is 0. The van der Waals surface area contributed by atoms with Gasteiger partial charge in [-0.1, -0.05) is 56.8 Å². The maximum absolute atomic E-state index is 14.9. The topological polar surface area (TPSA) is 172 Å². The molecule has 1 aromatic heterocycles. The van der Waals surface area contributed by atoms with E-state index in [4.69, 9.17) is 14.2 Å². The van der Waals surface area contributed by atoms with Gasteiger partial charge in [-0.25, -0.2) is 5.43 Å². The Balaban J connectivity index is 0.00000289. The fourth-order valence-electron chi connectivity index (χ4n) is 10.9. The second-order valence-corrected chi connectivity index (χ2v) is 19.9. The predicted octanol–water partition coefficient (Wildman–Crippen LogP) is 6.28. The SMILES string of the molecule is C=CC(=O)N1CC[C@H](C(=O)N(C)[C@H](C(=O)N[C@H]2Cc3cc(O)cc(c3)-c3ccc4c(c3)c(c(-c3ccccc3CCOC)n4CC)CC(C)(C)COC(=O)[C@@H]3CCCN(N3)C2=O)C2CCOCC2)C1.S.S.S.S. The molecule has 4 aliphatic heterocycles. The van der Waals surface area contributed by atoms with Gasteiger partial charge in [0.1, 0.15) is 23.9 Å². The number of esters is 1. The lowest BCUT2D eigenvalue weighted by Gasteiger charge is -2.38. The van der Waals surface area contributed by atoms with Gasteiger partial charge in [0.2, 0.25) is 17.7 Å². The van der Waals surface area contributed by atoms with E-state index in [9.17, 15) is 29.1 Å². The smallest absolute Gasteiger partial charge is 0.324 e. The summed E-state index contributed by atoms with van der Waals surface area (Å²) in [5, 5.41) is 16.9. The number of hydrogen-bond donors (Lipinski definition) is 3. The number of cyclic esters (lactones) is 1. The van der Waals surface area contributed by atoms with Crippen molar-refractivity contribution in [3.8, 4) is 28.1 Å². The van der Waals surface area contributed by atoms with Crippen LogP contribution in [0.1, 0.15) is 69.6 Å². The molecule has 3 fully saturated rings. The molecule has 73 heavy (non-hydrogen) atoms. The van der Waals surface area contributed by atoms with E-state index in [2.05, 4.69) is 79.1 Å². The molecule has 0 unspecified atom stereocenters. The number of methoxy groups -OCH3 is 1. The normalized spacial score (nSPS) is 20.4. The Morgan fingerprint density at radius 3 is 2.44 bits per heavy atom. The Morgan fingerprint density at radius 1 is 0.986 bits per heavy atom. The quantitative estimate of drug-likeness (QED) is 0.115. The van der Waals surface area contributed by atoms with E-state index < -0.39 is 47.2 Å². The molecule has 4 aromatic rings. The van der Waals surface area contributed by atoms with Crippen molar-refractivity contribution in [3.63, 3.8) is 0 Å². The van der Waals surface area contributed by atoms with Crippen LogP contribution in [-0.2, 0) is 64.0 Å². The Labute approximate surface area is 457 Å². The summed E-state index contributed by atoms with van der Waals surface area (Å²) in [5.41, 5.74) is 10.4. The summed E-state index contributed by atoms with van der Waals surface area (Å²) < 4.78 is 19.7. The molecule has 3 N–H and O–H groups in total. The molecule has 4 amide bonds. The number of rotatable bonds is 11. The zero-order valence-corrected chi connectivity index (χ0v) is 46.8. The molecule has 0 spiro atoms. The number of ether oxygens (including phenoxy) is 3. The van der Waals surface area contributed by atoms with E-state index >= 15 is 0 Å². The van der Waals surface area contributed by atoms with Crippen LogP contribution in [0.5, 0.6) is 5.75 Å². The number of fused-ring (bicyclic) bond motifs is 6. The molecule has 400 valence electrons. The first-order chi connectivity index (χ1) is 33.2. The predicted molar refractivity (Wildman–Crippen MR) is 304 cm³/mol. The Hall–Kier alpha value is -4.63. The third-order valence-electron chi connectivity index (χ3n) is 14.5. The molecule has 0 saturated carbocycles. The van der Waals surface area contributed by atoms with E-state index in [0.717, 1.165) is 50.8 Å². The minimum Gasteiger partial charge on any atom is -0.508 e. The summed E-state index contributed by atoms with van der Waals surface area (Å²) in [6.07, 6.45) is 5.01. The maximum Gasteiger partial charge on any atom is 0.324 e. The Kier molecular flexibility index (Phi) is 22.3. The van der Waals surface area contributed by atoms with Crippen LogP contribution in [0.25, 0.3) is 33.3 Å². The van der Waals surface area contributed by atoms with Crippen LogP contribution in [0, 0.1) is 17.3 Å². The lowest BCUT2D eigenvalue weighted by molar-refractivity contribution is -0.155. The molecule has 19 heteroatoms. The average molecular weight is 1080 g/mol. The molecule has 6 bridgehead atoms. The number of aromatic nitrogens is 1. The van der Waals surface area contributed by atoms with Gasteiger partial charge in [-0.05, 0) is 116 Å². The highest BCUT2D eigenvalue weighted by Crippen LogP contribution is 2.42. The Bertz CT molecular complexity index is 2600. The number of aromatic hydroxyl groups is 1. The lowest BCUT2D eigenvalue weighted by Crippen LogP contribution is -2.62. The summed E-state index contributed by atoms with van der Waals surface area (Å²) >= 11 is 0. The van der Waals surface area contributed by atoms with E-state index in [1.807, 2.05) is 12.1 Å². The molecular formula is C54H76N6O9S4. The van der Waals surface area contributed by atoms with Crippen molar-refractivity contribution in [1.82, 2.24) is 30.1 Å². The zero-order chi connectivity index (χ0) is 49.0. The summed E-state index contributed by atoms with van der Waals surface area (Å²) in [6.45, 7) is 13.1. The van der Waals surface area contributed by atoms with Gasteiger partial charge in [0.05, 0.1) is 24.8 Å². The van der Waals surface area contributed by atoms with Crippen LogP contribution in [0.15, 0.2) is 73.3 Å². The number of carbonyl (C=O) groups excluding carboxylic acids is 5. The largest absolute Gasteiger partial charge is 0.508 e. The van der Waals surface area contributed by atoms with E-state index in [0.29, 0.717) is 77.0 Å². The summed E-state index contributed by atoms with van der Waals surface area (Å²) in [6, 6.07) is 17.1. The van der Waals surface area contributed by atoms with Crippen LogP contribution in [-0.4, -0.2) is 132 Å². The number of likely N-dealkylation sites (N-methyl/N-ethyl adjacent to an activating group) is 1. The number of amides is 4. The number of phenols is 1. The van der Waals surface area contributed by atoms with Gasteiger partial charge in [0.15, 0.2) is 0 Å². The molecule has 4 aliphatic rings. The van der Waals surface area contributed by atoms with Gasteiger partial charge < -0.3 is 39.0 Å². The van der Waals surface area contributed by atoms with Crippen LogP contribution in [0.2, 0.25) is 0 Å². The van der Waals surface area contributed by atoms with Crippen LogP contribution in [0.3, 0.4) is 0 Å².